The number of hydrogen-bond donors (Lipinski definition) is 5. The SMILES string of the molecule is CC#N.CC(=O)Cl.CC(=O)ON=C(C)N.CC(N)=NO.Cc1noc(C)n1.NO.[OH-]. The third-order valence-electron chi connectivity index (χ3n) is 1.11. The van der Waals surface area contributed by atoms with Crippen molar-refractivity contribution < 1.29 is 34.8 Å². The first-order valence-corrected chi connectivity index (χ1v) is 7.63. The fourth-order valence-electron chi connectivity index (χ4n) is 0.537. The zero-order chi connectivity index (χ0) is 24.4. The number of halogens is 1. The molecule has 0 aliphatic rings. The lowest BCUT2D eigenvalue weighted by atomic mass is 10.7. The van der Waals surface area contributed by atoms with Crippen LogP contribution in [0.1, 0.15) is 46.3 Å². The summed E-state index contributed by atoms with van der Waals surface area (Å²) in [6.07, 6.45) is 0. The van der Waals surface area contributed by atoms with Crippen molar-refractivity contribution in [2.75, 3.05) is 0 Å². The Balaban J connectivity index is -0.0000000605. The molecule has 0 aliphatic carbocycles. The lowest BCUT2D eigenvalue weighted by Gasteiger charge is -1.88. The highest BCUT2D eigenvalue weighted by Crippen LogP contribution is 1.89. The Morgan fingerprint density at radius 1 is 1.17 bits per heavy atom. The van der Waals surface area contributed by atoms with Gasteiger partial charge < -0.3 is 36.7 Å². The number of nitrogens with zero attached hydrogens (tertiary/aromatic N) is 5. The van der Waals surface area contributed by atoms with Gasteiger partial charge in [-0.05, 0) is 32.4 Å². The Morgan fingerprint density at radius 3 is 1.57 bits per heavy atom. The van der Waals surface area contributed by atoms with Gasteiger partial charge in [-0.2, -0.15) is 10.2 Å². The van der Waals surface area contributed by atoms with E-state index >= 15 is 0 Å². The van der Waals surface area contributed by atoms with Crippen molar-refractivity contribution in [2.45, 2.75) is 48.5 Å². The maximum atomic E-state index is 9.96. The smallest absolute Gasteiger partial charge is 0.332 e. The minimum Gasteiger partial charge on any atom is -0.870 e. The zero-order valence-corrected chi connectivity index (χ0v) is 18.6. The summed E-state index contributed by atoms with van der Waals surface area (Å²) in [5, 5.41) is 30.3. The minimum atomic E-state index is -0.463. The molecule has 9 N–H and O–H groups in total. The van der Waals surface area contributed by atoms with Crippen LogP contribution in [0.5, 0.6) is 0 Å². The van der Waals surface area contributed by atoms with Crippen molar-refractivity contribution in [3.8, 4) is 6.07 Å². The third kappa shape index (κ3) is 86.1. The van der Waals surface area contributed by atoms with Gasteiger partial charge in [0.2, 0.25) is 11.1 Å². The second-order valence-electron chi connectivity index (χ2n) is 4.11. The van der Waals surface area contributed by atoms with Gasteiger partial charge in [0.25, 0.3) is 0 Å². The molecule has 0 unspecified atom stereocenters. The quantitative estimate of drug-likeness (QED) is 0.0971. The lowest BCUT2D eigenvalue weighted by molar-refractivity contribution is -0.141. The van der Waals surface area contributed by atoms with E-state index in [-0.39, 0.29) is 22.4 Å². The highest BCUT2D eigenvalue weighted by atomic mass is 35.5. The first-order valence-electron chi connectivity index (χ1n) is 7.25. The van der Waals surface area contributed by atoms with E-state index in [1.165, 1.54) is 34.6 Å². The molecule has 1 aromatic rings. The van der Waals surface area contributed by atoms with Crippen LogP contribution in [0.15, 0.2) is 14.8 Å². The van der Waals surface area contributed by atoms with Gasteiger partial charge in [-0.15, -0.1) is 0 Å². The van der Waals surface area contributed by atoms with Crippen LogP contribution in [-0.2, 0) is 14.4 Å². The Kier molecular flexibility index (Phi) is 45.6. The second-order valence-corrected chi connectivity index (χ2v) is 4.64. The van der Waals surface area contributed by atoms with Gasteiger partial charge in [-0.1, -0.05) is 15.5 Å². The number of carbonyl (C=O) groups excluding carboxylic acids is 2. The predicted molar refractivity (Wildman–Crippen MR) is 108 cm³/mol. The number of aromatic nitrogens is 2. The lowest BCUT2D eigenvalue weighted by Crippen LogP contribution is -2.07. The number of amidine groups is 2. The summed E-state index contributed by atoms with van der Waals surface area (Å²) in [7, 11) is 0. The van der Waals surface area contributed by atoms with Crippen LogP contribution in [0.3, 0.4) is 0 Å². The van der Waals surface area contributed by atoms with Gasteiger partial charge in [-0.3, -0.25) is 4.79 Å². The number of oxime groups is 2. The Labute approximate surface area is 179 Å². The van der Waals surface area contributed by atoms with E-state index in [2.05, 4.69) is 47.3 Å². The van der Waals surface area contributed by atoms with Gasteiger partial charge in [-0.25, -0.2) is 10.7 Å². The second kappa shape index (κ2) is 33.3. The average molecular weight is 458 g/mol. The van der Waals surface area contributed by atoms with Gasteiger partial charge in [0, 0.05) is 27.7 Å². The molecular formula is C14H30ClN8O7-. The highest BCUT2D eigenvalue weighted by Gasteiger charge is 1.90. The van der Waals surface area contributed by atoms with Crippen LogP contribution in [0.2, 0.25) is 0 Å². The number of hydrogen-bond acceptors (Lipinski definition) is 13. The Morgan fingerprint density at radius 2 is 1.50 bits per heavy atom. The van der Waals surface area contributed by atoms with E-state index in [1.54, 1.807) is 19.9 Å². The molecule has 0 aliphatic heterocycles. The van der Waals surface area contributed by atoms with E-state index in [4.69, 9.17) is 27.1 Å². The number of nitriles is 1. The molecule has 0 saturated carbocycles. The van der Waals surface area contributed by atoms with Gasteiger partial charge in [0.05, 0.1) is 6.07 Å². The maximum absolute atomic E-state index is 9.96. The third-order valence-corrected chi connectivity index (χ3v) is 1.11. The van der Waals surface area contributed by atoms with Crippen LogP contribution >= 0.6 is 11.6 Å². The van der Waals surface area contributed by atoms with Crippen LogP contribution in [0.25, 0.3) is 0 Å². The Bertz CT molecular complexity index is 602. The first kappa shape index (κ1) is 41.1. The molecule has 15 nitrogen and oxygen atoms in total. The molecule has 30 heavy (non-hydrogen) atoms. The van der Waals surface area contributed by atoms with Gasteiger partial charge in [0.15, 0.2) is 5.82 Å². The molecule has 0 bridgehead atoms. The summed E-state index contributed by atoms with van der Waals surface area (Å²) in [6.45, 7) is 10.6. The van der Waals surface area contributed by atoms with Crippen molar-refractivity contribution in [1.29, 1.82) is 5.26 Å². The van der Waals surface area contributed by atoms with Crippen LogP contribution in [-0.4, -0.2) is 48.9 Å². The van der Waals surface area contributed by atoms with Crippen LogP contribution in [0.4, 0.5) is 0 Å². The molecule has 16 heteroatoms. The van der Waals surface area contributed by atoms with Crippen molar-refractivity contribution in [2.24, 2.45) is 27.7 Å². The number of carbonyl (C=O) groups is 2. The molecular weight excluding hydrogens is 428 g/mol. The fraction of sp³-hybridized carbons (Fsp3) is 0.500. The minimum absolute atomic E-state index is 0. The first-order chi connectivity index (χ1) is 13.3. The summed E-state index contributed by atoms with van der Waals surface area (Å²) >= 11 is 4.64. The van der Waals surface area contributed by atoms with Crippen molar-refractivity contribution in [3.63, 3.8) is 0 Å². The molecule has 0 amide bonds. The van der Waals surface area contributed by atoms with E-state index in [9.17, 15) is 9.59 Å². The molecule has 0 aromatic carbocycles. The van der Waals surface area contributed by atoms with Crippen LogP contribution < -0.4 is 17.4 Å². The predicted octanol–water partition coefficient (Wildman–Crippen LogP) is 0.740. The van der Waals surface area contributed by atoms with Gasteiger partial charge in [0.1, 0.15) is 11.7 Å². The number of rotatable bonds is 1. The molecule has 0 spiro atoms. The van der Waals surface area contributed by atoms with E-state index in [0.717, 1.165) is 0 Å². The molecule has 0 atom stereocenters. The maximum Gasteiger partial charge on any atom is 0.332 e. The van der Waals surface area contributed by atoms with E-state index in [1.807, 2.05) is 0 Å². The average Bonchev–Trinajstić information content (AvgIpc) is 2.99. The normalized spacial score (nSPS) is 8.43. The zero-order valence-electron chi connectivity index (χ0n) is 17.8. The number of nitrogens with two attached hydrogens (primary N) is 3. The summed E-state index contributed by atoms with van der Waals surface area (Å²) in [4.78, 5) is 27.1. The molecule has 1 heterocycles. The summed E-state index contributed by atoms with van der Waals surface area (Å²) < 4.78 is 4.60. The van der Waals surface area contributed by atoms with E-state index < -0.39 is 5.97 Å². The molecule has 176 valence electrons. The standard InChI is InChI=1S/C4H8N2O2.C4H6N2O.C2H3ClO.C2H6N2O.C2H3N.H3NO.H2O/c1-3(5)6-8-4(2)7;1-3-5-4(2)7-6-3;1-2(3)4;1-2(3)4-5;1-2-3;1-2;/h1-2H3,(H2,5,6);1-2H3;1H3;5H,1H3,(H2,3,4);1H3;2H,1H2;1H2/p-1. The summed E-state index contributed by atoms with van der Waals surface area (Å²) in [6, 6.07) is 1.75. The van der Waals surface area contributed by atoms with Crippen molar-refractivity contribution in [1.82, 2.24) is 10.1 Å². The van der Waals surface area contributed by atoms with Crippen molar-refractivity contribution >= 4 is 34.5 Å². The van der Waals surface area contributed by atoms with Gasteiger partial charge >= 0.3 is 5.97 Å². The molecule has 0 saturated heterocycles. The largest absolute Gasteiger partial charge is 0.870 e. The fourth-order valence-corrected chi connectivity index (χ4v) is 0.537. The topological polar surface area (TPSA) is 279 Å². The summed E-state index contributed by atoms with van der Waals surface area (Å²) in [5.74, 6) is 4.77. The summed E-state index contributed by atoms with van der Waals surface area (Å²) in [5.41, 5.74) is 9.81. The highest BCUT2D eigenvalue weighted by molar-refractivity contribution is 6.62. The Hall–Kier alpha value is -3.32. The van der Waals surface area contributed by atoms with Crippen LogP contribution in [0, 0.1) is 25.2 Å². The molecule has 0 fully saturated rings. The number of aryl methyl sites for hydroxylation is 2. The monoisotopic (exact) mass is 457 g/mol. The molecule has 0 radical (unpaired) electrons. The van der Waals surface area contributed by atoms with E-state index in [0.29, 0.717) is 11.7 Å². The molecule has 1 aromatic heterocycles. The molecule has 1 rings (SSSR count). The van der Waals surface area contributed by atoms with Crippen molar-refractivity contribution in [3.05, 3.63) is 11.7 Å².